The van der Waals surface area contributed by atoms with Gasteiger partial charge in [-0.05, 0) is 18.6 Å². The Hall–Kier alpha value is -1.69. The fraction of sp³-hybridized carbons (Fsp3) is 0.417. The molecule has 0 aliphatic heterocycles. The number of thiocarbonyl (C=S) groups is 1. The normalized spacial score (nSPS) is 9.89. The Kier molecular flexibility index (Phi) is 5.51. The monoisotopic (exact) mass is 266 g/mol. The van der Waals surface area contributed by atoms with E-state index in [2.05, 4.69) is 10.3 Å². The van der Waals surface area contributed by atoms with Crippen molar-refractivity contribution in [3.8, 4) is 0 Å². The van der Waals surface area contributed by atoms with Crippen LogP contribution in [-0.2, 0) is 4.79 Å². The second-order valence-electron chi connectivity index (χ2n) is 3.98. The number of aromatic nitrogens is 1. The van der Waals surface area contributed by atoms with Gasteiger partial charge in [0.15, 0.2) is 0 Å². The molecule has 0 atom stereocenters. The van der Waals surface area contributed by atoms with E-state index >= 15 is 0 Å². The number of amides is 1. The summed E-state index contributed by atoms with van der Waals surface area (Å²) in [6, 6.07) is 3.59. The summed E-state index contributed by atoms with van der Waals surface area (Å²) in [6.45, 7) is 2.99. The van der Waals surface area contributed by atoms with Crippen LogP contribution in [0.15, 0.2) is 18.3 Å². The number of likely N-dealkylation sites (N-methyl/N-ethyl adjacent to an activating group) is 1. The molecular weight excluding hydrogens is 248 g/mol. The van der Waals surface area contributed by atoms with Crippen LogP contribution >= 0.6 is 12.2 Å². The van der Waals surface area contributed by atoms with Gasteiger partial charge in [-0.1, -0.05) is 19.1 Å². The maximum absolute atomic E-state index is 11.5. The molecule has 0 aliphatic carbocycles. The summed E-state index contributed by atoms with van der Waals surface area (Å²) in [6.07, 6.45) is 2.54. The van der Waals surface area contributed by atoms with Gasteiger partial charge < -0.3 is 16.0 Å². The molecule has 0 saturated carbocycles. The van der Waals surface area contributed by atoms with E-state index < -0.39 is 0 Å². The lowest BCUT2D eigenvalue weighted by Crippen LogP contribution is -2.35. The van der Waals surface area contributed by atoms with Crippen LogP contribution in [0.25, 0.3) is 0 Å². The first-order valence-electron chi connectivity index (χ1n) is 5.78. The van der Waals surface area contributed by atoms with Crippen LogP contribution in [0.1, 0.15) is 18.9 Å². The molecule has 0 aromatic carbocycles. The van der Waals surface area contributed by atoms with Gasteiger partial charge in [0.25, 0.3) is 0 Å². The number of pyridine rings is 1. The highest BCUT2D eigenvalue weighted by molar-refractivity contribution is 7.80. The number of nitrogens with zero attached hydrogens (tertiary/aromatic N) is 2. The average molecular weight is 266 g/mol. The largest absolute Gasteiger partial charge is 0.389 e. The summed E-state index contributed by atoms with van der Waals surface area (Å²) < 4.78 is 0. The second kappa shape index (κ2) is 6.90. The van der Waals surface area contributed by atoms with Crippen molar-refractivity contribution in [3.63, 3.8) is 0 Å². The number of carbonyl (C=O) groups is 1. The van der Waals surface area contributed by atoms with Gasteiger partial charge in [-0.25, -0.2) is 4.98 Å². The Morgan fingerprint density at radius 3 is 2.78 bits per heavy atom. The van der Waals surface area contributed by atoms with Gasteiger partial charge in [0.05, 0.1) is 6.54 Å². The summed E-state index contributed by atoms with van der Waals surface area (Å²) >= 11 is 4.85. The number of hydrogen-bond acceptors (Lipinski definition) is 4. The van der Waals surface area contributed by atoms with Crippen molar-refractivity contribution in [2.75, 3.05) is 25.0 Å². The molecule has 1 rings (SSSR count). The van der Waals surface area contributed by atoms with Crippen LogP contribution < -0.4 is 16.0 Å². The SMILES string of the molecule is CCCNC(=O)CN(C)c1ccc(C(N)=S)cn1. The van der Waals surface area contributed by atoms with Crippen LogP contribution in [0.4, 0.5) is 5.82 Å². The van der Waals surface area contributed by atoms with Gasteiger partial charge in [-0.15, -0.1) is 0 Å². The molecule has 0 fully saturated rings. The van der Waals surface area contributed by atoms with Crippen LogP contribution in [-0.4, -0.2) is 36.0 Å². The van der Waals surface area contributed by atoms with Gasteiger partial charge in [0.1, 0.15) is 10.8 Å². The van der Waals surface area contributed by atoms with Crippen LogP contribution in [0, 0.1) is 0 Å². The number of nitrogens with one attached hydrogen (secondary N) is 1. The summed E-state index contributed by atoms with van der Waals surface area (Å²) in [5.41, 5.74) is 6.21. The molecule has 98 valence electrons. The first-order valence-corrected chi connectivity index (χ1v) is 6.19. The van der Waals surface area contributed by atoms with Crippen molar-refractivity contribution in [2.45, 2.75) is 13.3 Å². The highest BCUT2D eigenvalue weighted by Crippen LogP contribution is 2.09. The Labute approximate surface area is 112 Å². The first-order chi connectivity index (χ1) is 8.54. The number of carbonyl (C=O) groups excluding carboxylic acids is 1. The smallest absolute Gasteiger partial charge is 0.239 e. The topological polar surface area (TPSA) is 71.2 Å². The predicted molar refractivity (Wildman–Crippen MR) is 76.7 cm³/mol. The highest BCUT2D eigenvalue weighted by atomic mass is 32.1. The minimum Gasteiger partial charge on any atom is -0.389 e. The van der Waals surface area contributed by atoms with E-state index in [0.717, 1.165) is 12.0 Å². The van der Waals surface area contributed by atoms with E-state index in [-0.39, 0.29) is 12.5 Å². The second-order valence-corrected chi connectivity index (χ2v) is 4.42. The maximum atomic E-state index is 11.5. The lowest BCUT2D eigenvalue weighted by molar-refractivity contribution is -0.119. The fourth-order valence-electron chi connectivity index (χ4n) is 1.37. The van der Waals surface area contributed by atoms with E-state index in [9.17, 15) is 4.79 Å². The highest BCUT2D eigenvalue weighted by Gasteiger charge is 2.08. The summed E-state index contributed by atoms with van der Waals surface area (Å²) in [5, 5.41) is 2.81. The van der Waals surface area contributed by atoms with E-state index in [0.29, 0.717) is 17.4 Å². The Morgan fingerprint density at radius 2 is 2.28 bits per heavy atom. The molecule has 0 radical (unpaired) electrons. The maximum Gasteiger partial charge on any atom is 0.239 e. The van der Waals surface area contributed by atoms with Gasteiger partial charge in [-0.2, -0.15) is 0 Å². The number of rotatable bonds is 6. The Bertz CT molecular complexity index is 419. The molecule has 0 bridgehead atoms. The number of hydrogen-bond donors (Lipinski definition) is 2. The third-order valence-corrected chi connectivity index (χ3v) is 2.61. The van der Waals surface area contributed by atoms with E-state index in [4.69, 9.17) is 18.0 Å². The Morgan fingerprint density at radius 1 is 1.56 bits per heavy atom. The zero-order valence-corrected chi connectivity index (χ0v) is 11.5. The van der Waals surface area contributed by atoms with E-state index in [1.165, 1.54) is 0 Å². The van der Waals surface area contributed by atoms with Crippen molar-refractivity contribution < 1.29 is 4.79 Å². The molecule has 5 nitrogen and oxygen atoms in total. The molecule has 18 heavy (non-hydrogen) atoms. The lowest BCUT2D eigenvalue weighted by Gasteiger charge is -2.17. The van der Waals surface area contributed by atoms with Gasteiger partial charge in [-0.3, -0.25) is 4.79 Å². The van der Waals surface area contributed by atoms with Crippen molar-refractivity contribution in [1.29, 1.82) is 0 Å². The van der Waals surface area contributed by atoms with Crippen molar-refractivity contribution in [1.82, 2.24) is 10.3 Å². The van der Waals surface area contributed by atoms with E-state index in [1.54, 1.807) is 23.2 Å². The minimum atomic E-state index is -0.0143. The van der Waals surface area contributed by atoms with Gasteiger partial charge in [0.2, 0.25) is 5.91 Å². The molecule has 0 saturated heterocycles. The predicted octanol–water partition coefficient (Wildman–Crippen LogP) is 0.678. The van der Waals surface area contributed by atoms with Crippen LogP contribution in [0.2, 0.25) is 0 Å². The quantitative estimate of drug-likeness (QED) is 0.741. The van der Waals surface area contributed by atoms with Gasteiger partial charge in [0, 0.05) is 25.4 Å². The third kappa shape index (κ3) is 4.29. The average Bonchev–Trinajstić information content (AvgIpc) is 2.36. The summed E-state index contributed by atoms with van der Waals surface area (Å²) in [7, 11) is 1.81. The zero-order valence-electron chi connectivity index (χ0n) is 10.6. The number of anilines is 1. The summed E-state index contributed by atoms with van der Waals surface area (Å²) in [4.78, 5) is 17.8. The van der Waals surface area contributed by atoms with Crippen molar-refractivity contribution in [3.05, 3.63) is 23.9 Å². The standard InChI is InChI=1S/C12H18N4OS/c1-3-6-14-11(17)8-16(2)10-5-4-9(7-15-10)12(13)18/h4-5,7H,3,6,8H2,1-2H3,(H2,13,18)(H,14,17). The molecule has 0 unspecified atom stereocenters. The molecule has 1 aromatic heterocycles. The molecular formula is C12H18N4OS. The third-order valence-electron chi connectivity index (χ3n) is 2.38. The van der Waals surface area contributed by atoms with Gasteiger partial charge >= 0.3 is 0 Å². The molecule has 0 spiro atoms. The molecule has 1 aromatic rings. The summed E-state index contributed by atoms with van der Waals surface area (Å²) in [5.74, 6) is 0.696. The van der Waals surface area contributed by atoms with Crippen LogP contribution in [0.3, 0.4) is 0 Å². The van der Waals surface area contributed by atoms with Crippen LogP contribution in [0.5, 0.6) is 0 Å². The fourth-order valence-corrected chi connectivity index (χ4v) is 1.50. The molecule has 3 N–H and O–H groups in total. The molecule has 6 heteroatoms. The van der Waals surface area contributed by atoms with E-state index in [1.807, 2.05) is 14.0 Å². The molecule has 0 aliphatic rings. The van der Waals surface area contributed by atoms with Crippen molar-refractivity contribution in [2.24, 2.45) is 5.73 Å². The molecule has 1 amide bonds. The zero-order chi connectivity index (χ0) is 13.5. The minimum absolute atomic E-state index is 0.0143. The number of nitrogens with two attached hydrogens (primary N) is 1. The van der Waals surface area contributed by atoms with Crippen molar-refractivity contribution >= 4 is 28.9 Å². The lowest BCUT2D eigenvalue weighted by atomic mass is 10.3. The Balaban J connectivity index is 2.58. The molecule has 1 heterocycles. The first kappa shape index (κ1) is 14.4.